The average molecular weight is 240 g/mol. The fourth-order valence-corrected chi connectivity index (χ4v) is 1.68. The molecule has 0 fully saturated rings. The highest BCUT2D eigenvalue weighted by molar-refractivity contribution is 7.90. The summed E-state index contributed by atoms with van der Waals surface area (Å²) in [5.74, 6) is 0. The third kappa shape index (κ3) is 1.87. The molecule has 84 valence electrons. The third-order valence-electron chi connectivity index (χ3n) is 1.89. The molecular formula is C8H8N4O3S. The molecule has 0 unspecified atom stereocenters. The summed E-state index contributed by atoms with van der Waals surface area (Å²) in [5, 5.41) is 4.54. The molecule has 0 saturated carbocycles. The molecule has 2 N–H and O–H groups in total. The molecule has 0 saturated heterocycles. The first-order valence-electron chi connectivity index (χ1n) is 4.28. The van der Waals surface area contributed by atoms with Crippen LogP contribution in [0.2, 0.25) is 0 Å². The minimum atomic E-state index is -3.47. The molecule has 8 heteroatoms. The lowest BCUT2D eigenvalue weighted by atomic mass is 10.2. The Morgan fingerprint density at radius 1 is 1.38 bits per heavy atom. The van der Waals surface area contributed by atoms with Crippen molar-refractivity contribution in [3.8, 4) is 11.3 Å². The highest BCUT2D eigenvalue weighted by Gasteiger charge is 2.13. The highest BCUT2D eigenvalue weighted by Crippen LogP contribution is 2.11. The quantitative estimate of drug-likeness (QED) is 0.692. The van der Waals surface area contributed by atoms with Gasteiger partial charge in [0.2, 0.25) is 15.0 Å². The summed E-state index contributed by atoms with van der Waals surface area (Å²) in [7, 11) is -3.47. The van der Waals surface area contributed by atoms with Gasteiger partial charge < -0.3 is 5.10 Å². The monoisotopic (exact) mass is 240 g/mol. The van der Waals surface area contributed by atoms with Crippen molar-refractivity contribution in [2.24, 2.45) is 0 Å². The first kappa shape index (κ1) is 10.6. The standard InChI is InChI=1S/C8H8N4O3S/c1-16(14,15)8-9-3-2-6(11-8)5-4-10-12-7(5)13/h2-4H,1H3,(H2,10,12,13). The van der Waals surface area contributed by atoms with Gasteiger partial charge in [0.05, 0.1) is 11.3 Å². The van der Waals surface area contributed by atoms with E-state index in [1.807, 2.05) is 0 Å². The molecule has 2 heterocycles. The van der Waals surface area contributed by atoms with E-state index in [0.29, 0.717) is 0 Å². The molecule has 0 aliphatic rings. The molecule has 2 aromatic rings. The number of aromatic nitrogens is 4. The number of aromatic amines is 2. The van der Waals surface area contributed by atoms with Gasteiger partial charge in [-0.15, -0.1) is 0 Å². The number of nitrogens with one attached hydrogen (secondary N) is 2. The van der Waals surface area contributed by atoms with E-state index in [1.54, 1.807) is 0 Å². The maximum atomic E-state index is 11.3. The van der Waals surface area contributed by atoms with Crippen molar-refractivity contribution in [1.29, 1.82) is 0 Å². The van der Waals surface area contributed by atoms with Gasteiger partial charge in [-0.3, -0.25) is 9.89 Å². The molecule has 0 aromatic carbocycles. The smallest absolute Gasteiger partial charge is 0.273 e. The number of hydrogen-bond acceptors (Lipinski definition) is 5. The lowest BCUT2D eigenvalue weighted by Gasteiger charge is -1.98. The van der Waals surface area contributed by atoms with Gasteiger partial charge in [-0.1, -0.05) is 0 Å². The summed E-state index contributed by atoms with van der Waals surface area (Å²) in [6, 6.07) is 1.47. The number of H-pyrrole nitrogens is 2. The second-order valence-electron chi connectivity index (χ2n) is 3.15. The van der Waals surface area contributed by atoms with Crippen molar-refractivity contribution in [3.05, 3.63) is 28.8 Å². The number of nitrogens with zero attached hydrogens (tertiary/aromatic N) is 2. The Labute approximate surface area is 90.5 Å². The maximum absolute atomic E-state index is 11.3. The molecule has 2 rings (SSSR count). The molecule has 2 aromatic heterocycles. The van der Waals surface area contributed by atoms with E-state index >= 15 is 0 Å². The minimum absolute atomic E-state index is 0.262. The van der Waals surface area contributed by atoms with E-state index < -0.39 is 9.84 Å². The molecule has 0 amide bonds. The van der Waals surface area contributed by atoms with Gasteiger partial charge in [0.15, 0.2) is 0 Å². The van der Waals surface area contributed by atoms with Crippen molar-refractivity contribution >= 4 is 9.84 Å². The van der Waals surface area contributed by atoms with E-state index in [9.17, 15) is 13.2 Å². The van der Waals surface area contributed by atoms with Gasteiger partial charge in [0.1, 0.15) is 0 Å². The van der Waals surface area contributed by atoms with Crippen LogP contribution in [0.1, 0.15) is 0 Å². The molecule has 0 aliphatic carbocycles. The van der Waals surface area contributed by atoms with Gasteiger partial charge in [-0.2, -0.15) is 0 Å². The predicted octanol–water partition coefficient (Wildman–Crippen LogP) is -0.437. The summed E-state index contributed by atoms with van der Waals surface area (Å²) in [5.41, 5.74) is 0.170. The second-order valence-corrected chi connectivity index (χ2v) is 5.06. The lowest BCUT2D eigenvalue weighted by Crippen LogP contribution is -2.07. The van der Waals surface area contributed by atoms with Crippen LogP contribution in [0, 0.1) is 0 Å². The van der Waals surface area contributed by atoms with E-state index in [1.165, 1.54) is 18.5 Å². The zero-order valence-corrected chi connectivity index (χ0v) is 9.08. The van der Waals surface area contributed by atoms with Gasteiger partial charge in [-0.05, 0) is 6.07 Å². The molecule has 0 bridgehead atoms. The minimum Gasteiger partial charge on any atom is -0.305 e. The second kappa shape index (κ2) is 3.56. The Kier molecular flexibility index (Phi) is 2.35. The summed E-state index contributed by atoms with van der Waals surface area (Å²) in [6.07, 6.45) is 3.72. The van der Waals surface area contributed by atoms with Crippen LogP contribution < -0.4 is 5.56 Å². The van der Waals surface area contributed by atoms with Crippen LogP contribution in [0.3, 0.4) is 0 Å². The van der Waals surface area contributed by atoms with Crippen LogP contribution in [0.4, 0.5) is 0 Å². The summed E-state index contributed by atoms with van der Waals surface area (Å²) in [4.78, 5) is 18.7. The molecule has 16 heavy (non-hydrogen) atoms. The largest absolute Gasteiger partial charge is 0.305 e. The van der Waals surface area contributed by atoms with Gasteiger partial charge in [0, 0.05) is 18.6 Å². The average Bonchev–Trinajstić information content (AvgIpc) is 2.63. The van der Waals surface area contributed by atoms with E-state index in [4.69, 9.17) is 0 Å². The molecule has 0 radical (unpaired) electrons. The van der Waals surface area contributed by atoms with Crippen molar-refractivity contribution in [1.82, 2.24) is 20.2 Å². The fourth-order valence-electron chi connectivity index (χ4n) is 1.17. The molecular weight excluding hydrogens is 232 g/mol. The van der Waals surface area contributed by atoms with E-state index in [-0.39, 0.29) is 22.0 Å². The molecule has 7 nitrogen and oxygen atoms in total. The zero-order chi connectivity index (χ0) is 11.8. The van der Waals surface area contributed by atoms with Crippen LogP contribution in [0.25, 0.3) is 11.3 Å². The maximum Gasteiger partial charge on any atom is 0.273 e. The first-order chi connectivity index (χ1) is 7.48. The fraction of sp³-hybridized carbons (Fsp3) is 0.125. The predicted molar refractivity (Wildman–Crippen MR) is 55.5 cm³/mol. The van der Waals surface area contributed by atoms with Crippen LogP contribution in [0.15, 0.2) is 28.4 Å². The van der Waals surface area contributed by atoms with Crippen LogP contribution >= 0.6 is 0 Å². The van der Waals surface area contributed by atoms with E-state index in [2.05, 4.69) is 20.2 Å². The first-order valence-corrected chi connectivity index (χ1v) is 6.17. The molecule has 0 spiro atoms. The van der Waals surface area contributed by atoms with E-state index in [0.717, 1.165) is 6.26 Å². The van der Waals surface area contributed by atoms with Gasteiger partial charge >= 0.3 is 0 Å². The Morgan fingerprint density at radius 3 is 2.69 bits per heavy atom. The number of rotatable bonds is 2. The SMILES string of the molecule is CS(=O)(=O)c1nccc(-c2c[nH][nH]c2=O)n1. The number of sulfone groups is 1. The van der Waals surface area contributed by atoms with Crippen molar-refractivity contribution in [2.75, 3.05) is 6.26 Å². The number of hydrogen-bond donors (Lipinski definition) is 2. The van der Waals surface area contributed by atoms with Crippen molar-refractivity contribution in [3.63, 3.8) is 0 Å². The Bertz CT molecular complexity index is 670. The Morgan fingerprint density at radius 2 is 2.12 bits per heavy atom. The summed E-state index contributed by atoms with van der Waals surface area (Å²) < 4.78 is 22.4. The van der Waals surface area contributed by atoms with Crippen LogP contribution in [0.5, 0.6) is 0 Å². The Hall–Kier alpha value is -1.96. The summed E-state index contributed by atoms with van der Waals surface area (Å²) in [6.45, 7) is 0. The van der Waals surface area contributed by atoms with Crippen LogP contribution in [-0.2, 0) is 9.84 Å². The van der Waals surface area contributed by atoms with Crippen LogP contribution in [-0.4, -0.2) is 34.8 Å². The third-order valence-corrected chi connectivity index (χ3v) is 2.75. The highest BCUT2D eigenvalue weighted by atomic mass is 32.2. The lowest BCUT2D eigenvalue weighted by molar-refractivity contribution is 0.593. The topological polar surface area (TPSA) is 109 Å². The van der Waals surface area contributed by atoms with Gasteiger partial charge in [-0.25, -0.2) is 18.4 Å². The normalized spacial score (nSPS) is 11.6. The Balaban J connectivity index is 2.62. The zero-order valence-electron chi connectivity index (χ0n) is 8.26. The van der Waals surface area contributed by atoms with Gasteiger partial charge in [0.25, 0.3) is 5.56 Å². The van der Waals surface area contributed by atoms with Crippen molar-refractivity contribution < 1.29 is 8.42 Å². The van der Waals surface area contributed by atoms with Crippen molar-refractivity contribution in [2.45, 2.75) is 5.16 Å². The molecule has 0 aliphatic heterocycles. The summed E-state index contributed by atoms with van der Waals surface area (Å²) >= 11 is 0. The molecule has 0 atom stereocenters.